The van der Waals surface area contributed by atoms with Crippen molar-refractivity contribution >= 4 is 5.91 Å². The summed E-state index contributed by atoms with van der Waals surface area (Å²) in [6.07, 6.45) is 6.08. The maximum Gasteiger partial charge on any atom is 0.234 e. The summed E-state index contributed by atoms with van der Waals surface area (Å²) in [6, 6.07) is 0.402. The van der Waals surface area contributed by atoms with Crippen molar-refractivity contribution in [2.45, 2.75) is 58.9 Å². The van der Waals surface area contributed by atoms with Crippen molar-refractivity contribution in [2.24, 2.45) is 11.8 Å². The Bertz CT molecular complexity index is 228. The van der Waals surface area contributed by atoms with E-state index in [0.29, 0.717) is 24.4 Å². The molecule has 0 aromatic rings. The van der Waals surface area contributed by atoms with E-state index in [1.807, 2.05) is 0 Å². The van der Waals surface area contributed by atoms with Crippen LogP contribution in [0.5, 0.6) is 0 Å². The monoisotopic (exact) mass is 240 g/mol. The molecule has 0 aliphatic heterocycles. The summed E-state index contributed by atoms with van der Waals surface area (Å²) in [4.78, 5) is 11.8. The minimum Gasteiger partial charge on any atom is -0.352 e. The molecule has 2 unspecified atom stereocenters. The number of amides is 1. The number of carbonyl (C=O) groups excluding carboxylic acids is 1. The molecule has 0 saturated heterocycles. The Morgan fingerprint density at radius 3 is 2.65 bits per heavy atom. The largest absolute Gasteiger partial charge is 0.352 e. The average molecular weight is 240 g/mol. The van der Waals surface area contributed by atoms with Gasteiger partial charge in [0.05, 0.1) is 6.54 Å². The van der Waals surface area contributed by atoms with Crippen LogP contribution < -0.4 is 10.6 Å². The third-order valence-electron chi connectivity index (χ3n) is 3.73. The summed E-state index contributed by atoms with van der Waals surface area (Å²) in [6.45, 7) is 8.04. The number of nitrogens with one attached hydrogen (secondary N) is 2. The number of hydrogen-bond donors (Lipinski definition) is 2. The van der Waals surface area contributed by atoms with Gasteiger partial charge in [-0.1, -0.05) is 33.6 Å². The Labute approximate surface area is 106 Å². The first-order chi connectivity index (χ1) is 8.15. The van der Waals surface area contributed by atoms with Crippen molar-refractivity contribution in [3.05, 3.63) is 0 Å². The third kappa shape index (κ3) is 5.07. The van der Waals surface area contributed by atoms with E-state index in [0.717, 1.165) is 19.4 Å². The molecule has 0 radical (unpaired) electrons. The molecule has 0 aromatic carbocycles. The molecule has 1 aliphatic carbocycles. The van der Waals surface area contributed by atoms with Crippen LogP contribution in [0.25, 0.3) is 0 Å². The smallest absolute Gasteiger partial charge is 0.234 e. The van der Waals surface area contributed by atoms with Crippen molar-refractivity contribution in [1.82, 2.24) is 10.6 Å². The Balaban J connectivity index is 2.34. The van der Waals surface area contributed by atoms with Crippen molar-refractivity contribution in [2.75, 3.05) is 13.1 Å². The summed E-state index contributed by atoms with van der Waals surface area (Å²) in [5.74, 6) is 1.50. The van der Waals surface area contributed by atoms with Gasteiger partial charge in [0.1, 0.15) is 0 Å². The fourth-order valence-corrected chi connectivity index (χ4v) is 2.77. The van der Waals surface area contributed by atoms with Crippen LogP contribution in [0, 0.1) is 11.8 Å². The van der Waals surface area contributed by atoms with Gasteiger partial charge in [0, 0.05) is 6.04 Å². The van der Waals surface area contributed by atoms with Gasteiger partial charge in [0.2, 0.25) is 5.91 Å². The fraction of sp³-hybridized carbons (Fsp3) is 0.929. The second-order valence-electron chi connectivity index (χ2n) is 5.54. The van der Waals surface area contributed by atoms with Gasteiger partial charge in [-0.25, -0.2) is 0 Å². The molecule has 3 heteroatoms. The molecule has 1 saturated carbocycles. The van der Waals surface area contributed by atoms with E-state index in [1.54, 1.807) is 0 Å². The van der Waals surface area contributed by atoms with Crippen LogP contribution in [0.2, 0.25) is 0 Å². The van der Waals surface area contributed by atoms with Crippen LogP contribution in [-0.4, -0.2) is 25.0 Å². The van der Waals surface area contributed by atoms with Gasteiger partial charge in [-0.15, -0.1) is 0 Å². The first-order valence-corrected chi connectivity index (χ1v) is 7.15. The molecule has 100 valence electrons. The highest BCUT2D eigenvalue weighted by molar-refractivity contribution is 5.78. The molecule has 2 atom stereocenters. The lowest BCUT2D eigenvalue weighted by atomic mass is 9.78. The van der Waals surface area contributed by atoms with Crippen molar-refractivity contribution in [1.29, 1.82) is 0 Å². The molecule has 0 spiro atoms. The SMILES string of the molecule is CCCNCC(=O)NC1CCCCC1C(C)C. The maximum absolute atomic E-state index is 11.8. The van der Waals surface area contributed by atoms with Gasteiger partial charge < -0.3 is 10.6 Å². The Morgan fingerprint density at radius 2 is 2.00 bits per heavy atom. The van der Waals surface area contributed by atoms with E-state index in [2.05, 4.69) is 31.4 Å². The Morgan fingerprint density at radius 1 is 1.29 bits per heavy atom. The second-order valence-corrected chi connectivity index (χ2v) is 5.54. The molecule has 17 heavy (non-hydrogen) atoms. The molecule has 1 aliphatic rings. The lowest BCUT2D eigenvalue weighted by Crippen LogP contribution is -2.46. The van der Waals surface area contributed by atoms with Crippen LogP contribution >= 0.6 is 0 Å². The third-order valence-corrected chi connectivity index (χ3v) is 3.73. The molecular weight excluding hydrogens is 212 g/mol. The molecule has 0 bridgehead atoms. The lowest BCUT2D eigenvalue weighted by molar-refractivity contribution is -0.121. The molecule has 1 amide bonds. The van der Waals surface area contributed by atoms with E-state index < -0.39 is 0 Å². The van der Waals surface area contributed by atoms with Gasteiger partial charge in [0.15, 0.2) is 0 Å². The zero-order valence-electron chi connectivity index (χ0n) is 11.6. The molecule has 0 heterocycles. The van der Waals surface area contributed by atoms with E-state index in [9.17, 15) is 4.79 Å². The van der Waals surface area contributed by atoms with Crippen LogP contribution in [0.15, 0.2) is 0 Å². The Kier molecular flexibility index (Phi) is 6.56. The van der Waals surface area contributed by atoms with Crippen molar-refractivity contribution < 1.29 is 4.79 Å². The summed E-state index contributed by atoms with van der Waals surface area (Å²) >= 11 is 0. The molecular formula is C14H28N2O. The van der Waals surface area contributed by atoms with Crippen LogP contribution in [0.3, 0.4) is 0 Å². The lowest BCUT2D eigenvalue weighted by Gasteiger charge is -2.34. The van der Waals surface area contributed by atoms with Gasteiger partial charge in [-0.3, -0.25) is 4.79 Å². The van der Waals surface area contributed by atoms with Crippen molar-refractivity contribution in [3.8, 4) is 0 Å². The minimum atomic E-state index is 0.163. The fourth-order valence-electron chi connectivity index (χ4n) is 2.77. The predicted molar refractivity (Wildman–Crippen MR) is 71.9 cm³/mol. The van der Waals surface area contributed by atoms with Gasteiger partial charge >= 0.3 is 0 Å². The second kappa shape index (κ2) is 7.70. The quantitative estimate of drug-likeness (QED) is 0.700. The van der Waals surface area contributed by atoms with Gasteiger partial charge in [0.25, 0.3) is 0 Å². The summed E-state index contributed by atoms with van der Waals surface area (Å²) in [5, 5.41) is 6.36. The number of rotatable bonds is 6. The Hall–Kier alpha value is -0.570. The van der Waals surface area contributed by atoms with Gasteiger partial charge in [-0.05, 0) is 37.6 Å². The highest BCUT2D eigenvalue weighted by Gasteiger charge is 2.28. The van der Waals surface area contributed by atoms with Crippen LogP contribution in [0.4, 0.5) is 0 Å². The molecule has 1 fully saturated rings. The average Bonchev–Trinajstić information content (AvgIpc) is 2.29. The van der Waals surface area contributed by atoms with E-state index >= 15 is 0 Å². The maximum atomic E-state index is 11.8. The van der Waals surface area contributed by atoms with E-state index in [-0.39, 0.29) is 5.91 Å². The summed E-state index contributed by atoms with van der Waals surface area (Å²) < 4.78 is 0. The number of carbonyl (C=O) groups is 1. The van der Waals surface area contributed by atoms with Crippen LogP contribution in [0.1, 0.15) is 52.9 Å². The topological polar surface area (TPSA) is 41.1 Å². The zero-order valence-corrected chi connectivity index (χ0v) is 11.6. The van der Waals surface area contributed by atoms with E-state index in [4.69, 9.17) is 0 Å². The minimum absolute atomic E-state index is 0.163. The van der Waals surface area contributed by atoms with E-state index in [1.165, 1.54) is 19.3 Å². The summed E-state index contributed by atoms with van der Waals surface area (Å²) in [5.41, 5.74) is 0. The molecule has 1 rings (SSSR count). The van der Waals surface area contributed by atoms with Gasteiger partial charge in [-0.2, -0.15) is 0 Å². The highest BCUT2D eigenvalue weighted by atomic mass is 16.1. The molecule has 0 aromatic heterocycles. The summed E-state index contributed by atoms with van der Waals surface area (Å²) in [7, 11) is 0. The van der Waals surface area contributed by atoms with Crippen molar-refractivity contribution in [3.63, 3.8) is 0 Å². The number of hydrogen-bond acceptors (Lipinski definition) is 2. The molecule has 2 N–H and O–H groups in total. The normalized spacial score (nSPS) is 24.9. The highest BCUT2D eigenvalue weighted by Crippen LogP contribution is 2.29. The first-order valence-electron chi connectivity index (χ1n) is 7.15. The standard InChI is InChI=1S/C14H28N2O/c1-4-9-15-10-14(17)16-13-8-6-5-7-12(13)11(2)3/h11-13,15H,4-10H2,1-3H3,(H,16,17). The van der Waals surface area contributed by atoms with Crippen LogP contribution in [-0.2, 0) is 4.79 Å². The zero-order chi connectivity index (χ0) is 12.7. The molecule has 3 nitrogen and oxygen atoms in total. The first kappa shape index (κ1) is 14.5. The predicted octanol–water partition coefficient (Wildman–Crippen LogP) is 2.32.